The van der Waals surface area contributed by atoms with Gasteiger partial charge in [-0.05, 0) is 37.3 Å². The number of halogens is 1. The predicted octanol–water partition coefficient (Wildman–Crippen LogP) is 3.33. The van der Waals surface area contributed by atoms with Crippen LogP contribution in [0.4, 0.5) is 5.82 Å². The third-order valence-corrected chi connectivity index (χ3v) is 4.17. The third kappa shape index (κ3) is 3.85. The van der Waals surface area contributed by atoms with E-state index in [4.69, 9.17) is 11.6 Å². The van der Waals surface area contributed by atoms with Crippen molar-refractivity contribution >= 4 is 23.3 Å². The molecule has 2 atom stereocenters. The molecule has 2 unspecified atom stereocenters. The second-order valence-corrected chi connectivity index (χ2v) is 5.86. The maximum Gasteiger partial charge on any atom is 0.251 e. The van der Waals surface area contributed by atoms with Crippen LogP contribution in [0.1, 0.15) is 43.5 Å². The fourth-order valence-corrected chi connectivity index (χ4v) is 2.96. The first-order valence-electron chi connectivity index (χ1n) is 7.29. The zero-order valence-corrected chi connectivity index (χ0v) is 12.8. The monoisotopic (exact) mass is 295 g/mol. The Morgan fingerprint density at radius 2 is 2.25 bits per heavy atom. The van der Waals surface area contributed by atoms with Crippen molar-refractivity contribution in [2.45, 2.75) is 33.1 Å². The Morgan fingerprint density at radius 3 is 2.90 bits per heavy atom. The molecular formula is C15H22ClN3O. The van der Waals surface area contributed by atoms with E-state index < -0.39 is 0 Å². The largest absolute Gasteiger partial charge is 0.370 e. The summed E-state index contributed by atoms with van der Waals surface area (Å²) in [6.07, 6.45) is 3.75. The highest BCUT2D eigenvalue weighted by Crippen LogP contribution is 2.30. The molecule has 0 aromatic carbocycles. The van der Waals surface area contributed by atoms with Gasteiger partial charge in [-0.15, -0.1) is 0 Å². The Morgan fingerprint density at radius 1 is 1.45 bits per heavy atom. The molecule has 4 nitrogen and oxygen atoms in total. The highest BCUT2D eigenvalue weighted by Gasteiger charge is 2.23. The first-order chi connectivity index (χ1) is 9.60. The van der Waals surface area contributed by atoms with Crippen LogP contribution in [0.15, 0.2) is 12.1 Å². The van der Waals surface area contributed by atoms with Crippen LogP contribution in [0.5, 0.6) is 0 Å². The number of nitrogens with one attached hydrogen (secondary N) is 2. The van der Waals surface area contributed by atoms with E-state index in [1.807, 2.05) is 6.92 Å². The van der Waals surface area contributed by atoms with Crippen LogP contribution in [0, 0.1) is 11.8 Å². The van der Waals surface area contributed by atoms with Gasteiger partial charge in [0.2, 0.25) is 0 Å². The number of amides is 1. The summed E-state index contributed by atoms with van der Waals surface area (Å²) in [5.74, 6) is 1.87. The lowest BCUT2D eigenvalue weighted by molar-refractivity contribution is 0.0944. The molecule has 1 saturated carbocycles. The number of aromatic nitrogens is 1. The van der Waals surface area contributed by atoms with Gasteiger partial charge in [-0.25, -0.2) is 4.98 Å². The fourth-order valence-electron chi connectivity index (χ4n) is 2.75. The van der Waals surface area contributed by atoms with Gasteiger partial charge in [0, 0.05) is 18.7 Å². The third-order valence-electron chi connectivity index (χ3n) is 3.98. The van der Waals surface area contributed by atoms with E-state index in [1.54, 1.807) is 12.1 Å². The van der Waals surface area contributed by atoms with Gasteiger partial charge in [0.1, 0.15) is 11.0 Å². The number of nitrogens with zero attached hydrogens (tertiary/aromatic N) is 1. The van der Waals surface area contributed by atoms with Crippen LogP contribution in [0.3, 0.4) is 0 Å². The van der Waals surface area contributed by atoms with Gasteiger partial charge >= 0.3 is 0 Å². The van der Waals surface area contributed by atoms with Crippen molar-refractivity contribution in [2.75, 3.05) is 18.4 Å². The minimum Gasteiger partial charge on any atom is -0.370 e. The number of hydrogen-bond acceptors (Lipinski definition) is 3. The van der Waals surface area contributed by atoms with Crippen LogP contribution in [-0.4, -0.2) is 24.0 Å². The summed E-state index contributed by atoms with van der Waals surface area (Å²) in [6.45, 7) is 5.73. The number of anilines is 1. The van der Waals surface area contributed by atoms with Gasteiger partial charge in [-0.2, -0.15) is 0 Å². The van der Waals surface area contributed by atoms with E-state index in [-0.39, 0.29) is 5.91 Å². The smallest absolute Gasteiger partial charge is 0.251 e. The molecule has 2 rings (SSSR count). The van der Waals surface area contributed by atoms with Gasteiger partial charge in [-0.3, -0.25) is 4.79 Å². The standard InChI is InChI=1S/C15H22ClN3O/c1-3-17-14-8-12(7-13(16)19-14)15(20)18-9-11-6-4-5-10(11)2/h7-8,10-11H,3-6,9H2,1-2H3,(H,17,19)(H,18,20). The molecule has 1 aromatic heterocycles. The average Bonchev–Trinajstić information content (AvgIpc) is 2.81. The number of carbonyl (C=O) groups is 1. The molecule has 1 fully saturated rings. The molecule has 0 radical (unpaired) electrons. The van der Waals surface area contributed by atoms with Crippen LogP contribution < -0.4 is 10.6 Å². The lowest BCUT2D eigenvalue weighted by Crippen LogP contribution is -2.30. The molecular weight excluding hydrogens is 274 g/mol. The van der Waals surface area contributed by atoms with E-state index in [1.165, 1.54) is 19.3 Å². The summed E-state index contributed by atoms with van der Waals surface area (Å²) in [5.41, 5.74) is 0.562. The minimum absolute atomic E-state index is 0.0763. The second-order valence-electron chi connectivity index (χ2n) is 5.47. The first-order valence-corrected chi connectivity index (χ1v) is 7.67. The average molecular weight is 296 g/mol. The molecule has 0 bridgehead atoms. The normalized spacial score (nSPS) is 21.8. The summed E-state index contributed by atoms with van der Waals surface area (Å²) in [5, 5.41) is 6.42. The molecule has 1 aliphatic rings. The number of rotatable bonds is 5. The maximum absolute atomic E-state index is 12.2. The zero-order valence-electron chi connectivity index (χ0n) is 12.1. The molecule has 0 saturated heterocycles. The second kappa shape index (κ2) is 6.93. The molecule has 1 aromatic rings. The van der Waals surface area contributed by atoms with E-state index in [2.05, 4.69) is 22.5 Å². The molecule has 0 aliphatic heterocycles. The Labute approximate surface area is 125 Å². The summed E-state index contributed by atoms with van der Waals surface area (Å²) >= 11 is 5.95. The molecule has 0 spiro atoms. The highest BCUT2D eigenvalue weighted by molar-refractivity contribution is 6.29. The molecule has 110 valence electrons. The van der Waals surface area contributed by atoms with Crippen LogP contribution in [-0.2, 0) is 0 Å². The Bertz CT molecular complexity index is 478. The zero-order chi connectivity index (χ0) is 14.5. The molecule has 1 heterocycles. The summed E-state index contributed by atoms with van der Waals surface area (Å²) in [6, 6.07) is 3.35. The van der Waals surface area contributed by atoms with Gasteiger partial charge < -0.3 is 10.6 Å². The van der Waals surface area contributed by atoms with Gasteiger partial charge in [0.25, 0.3) is 5.91 Å². The van der Waals surface area contributed by atoms with E-state index >= 15 is 0 Å². The number of hydrogen-bond donors (Lipinski definition) is 2. The molecule has 1 aliphatic carbocycles. The van der Waals surface area contributed by atoms with E-state index in [0.717, 1.165) is 13.1 Å². The Balaban J connectivity index is 1.97. The minimum atomic E-state index is -0.0763. The molecule has 5 heteroatoms. The van der Waals surface area contributed by atoms with Crippen LogP contribution in [0.2, 0.25) is 5.15 Å². The van der Waals surface area contributed by atoms with Crippen molar-refractivity contribution in [1.29, 1.82) is 0 Å². The SMILES string of the molecule is CCNc1cc(C(=O)NCC2CCCC2C)cc(Cl)n1. The predicted molar refractivity (Wildman–Crippen MR) is 82.2 cm³/mol. The lowest BCUT2D eigenvalue weighted by Gasteiger charge is -2.16. The van der Waals surface area contributed by atoms with Crippen molar-refractivity contribution in [3.05, 3.63) is 22.8 Å². The first kappa shape index (κ1) is 15.1. The van der Waals surface area contributed by atoms with Crippen molar-refractivity contribution in [1.82, 2.24) is 10.3 Å². The summed E-state index contributed by atoms with van der Waals surface area (Å²) in [4.78, 5) is 16.3. The van der Waals surface area contributed by atoms with Crippen LogP contribution >= 0.6 is 11.6 Å². The topological polar surface area (TPSA) is 54.0 Å². The number of carbonyl (C=O) groups excluding carboxylic acids is 1. The summed E-state index contributed by atoms with van der Waals surface area (Å²) in [7, 11) is 0. The Hall–Kier alpha value is -1.29. The van der Waals surface area contributed by atoms with Gasteiger partial charge in [-0.1, -0.05) is 31.4 Å². The van der Waals surface area contributed by atoms with Crippen molar-refractivity contribution in [3.63, 3.8) is 0 Å². The number of pyridine rings is 1. The van der Waals surface area contributed by atoms with Crippen molar-refractivity contribution < 1.29 is 4.79 Å². The molecule has 20 heavy (non-hydrogen) atoms. The van der Waals surface area contributed by atoms with Crippen LogP contribution in [0.25, 0.3) is 0 Å². The molecule has 2 N–H and O–H groups in total. The van der Waals surface area contributed by atoms with E-state index in [9.17, 15) is 4.79 Å². The fraction of sp³-hybridized carbons (Fsp3) is 0.600. The molecule has 1 amide bonds. The maximum atomic E-state index is 12.2. The van der Waals surface area contributed by atoms with E-state index in [0.29, 0.717) is 28.4 Å². The van der Waals surface area contributed by atoms with Crippen molar-refractivity contribution in [2.24, 2.45) is 11.8 Å². The van der Waals surface area contributed by atoms with Crippen molar-refractivity contribution in [3.8, 4) is 0 Å². The summed E-state index contributed by atoms with van der Waals surface area (Å²) < 4.78 is 0. The quantitative estimate of drug-likeness (QED) is 0.819. The Kier molecular flexibility index (Phi) is 5.24. The lowest BCUT2D eigenvalue weighted by atomic mass is 9.98. The van der Waals surface area contributed by atoms with Gasteiger partial charge in [0.15, 0.2) is 0 Å². The van der Waals surface area contributed by atoms with Gasteiger partial charge in [0.05, 0.1) is 0 Å². The highest BCUT2D eigenvalue weighted by atomic mass is 35.5.